The van der Waals surface area contributed by atoms with Gasteiger partial charge in [-0.15, -0.1) is 11.3 Å². The zero-order chi connectivity index (χ0) is 15.3. The molecule has 0 N–H and O–H groups in total. The molecule has 0 spiro atoms. The van der Waals surface area contributed by atoms with E-state index in [1.54, 1.807) is 11.0 Å². The van der Waals surface area contributed by atoms with Gasteiger partial charge in [-0.05, 0) is 24.3 Å². The van der Waals surface area contributed by atoms with Gasteiger partial charge < -0.3 is 4.90 Å². The number of imide groups is 1. The van der Waals surface area contributed by atoms with Crippen molar-refractivity contribution >= 4 is 29.1 Å². The Balaban J connectivity index is 1.44. The van der Waals surface area contributed by atoms with Crippen molar-refractivity contribution < 1.29 is 14.4 Å². The number of fused-ring (bicyclic) bond motifs is 1. The number of amides is 3. The number of likely N-dealkylation sites (tertiary alicyclic amines) is 2. The third kappa shape index (κ3) is 1.94. The summed E-state index contributed by atoms with van der Waals surface area (Å²) in [7, 11) is 0. The number of thiophene rings is 1. The molecule has 1 aromatic heterocycles. The molecule has 6 heteroatoms. The molecule has 0 saturated carbocycles. The third-order valence-corrected chi connectivity index (χ3v) is 5.65. The number of carbonyl (C=O) groups is 3. The van der Waals surface area contributed by atoms with Gasteiger partial charge in [0.05, 0.1) is 22.8 Å². The normalized spacial score (nSPS) is 28.0. The lowest BCUT2D eigenvalue weighted by Crippen LogP contribution is -2.62. The molecule has 3 heterocycles. The predicted octanol–water partition coefficient (Wildman–Crippen LogP) is 1.52. The van der Waals surface area contributed by atoms with Crippen molar-refractivity contribution in [3.63, 3.8) is 0 Å². The van der Waals surface area contributed by atoms with Crippen LogP contribution in [-0.2, 0) is 9.59 Å². The highest BCUT2D eigenvalue weighted by Gasteiger charge is 2.52. The molecule has 2 aliphatic heterocycles. The first kappa shape index (κ1) is 13.7. The first-order valence-corrected chi connectivity index (χ1v) is 8.39. The van der Waals surface area contributed by atoms with Gasteiger partial charge in [0.2, 0.25) is 11.8 Å². The maximum Gasteiger partial charge on any atom is 0.264 e. The number of allylic oxidation sites excluding steroid dienone is 2. The van der Waals surface area contributed by atoms with E-state index in [1.807, 2.05) is 23.6 Å². The topological polar surface area (TPSA) is 57.7 Å². The number of nitrogens with zero attached hydrogens (tertiary/aromatic N) is 2. The Kier molecular flexibility index (Phi) is 3.14. The molecule has 5 nitrogen and oxygen atoms in total. The van der Waals surface area contributed by atoms with Gasteiger partial charge >= 0.3 is 0 Å². The van der Waals surface area contributed by atoms with E-state index in [0.29, 0.717) is 30.8 Å². The van der Waals surface area contributed by atoms with Gasteiger partial charge in [-0.2, -0.15) is 0 Å². The van der Waals surface area contributed by atoms with Crippen LogP contribution in [0.5, 0.6) is 0 Å². The van der Waals surface area contributed by atoms with Crippen LogP contribution in [0.15, 0.2) is 29.7 Å². The van der Waals surface area contributed by atoms with E-state index in [0.717, 1.165) is 0 Å². The summed E-state index contributed by atoms with van der Waals surface area (Å²) in [6, 6.07) is 3.50. The van der Waals surface area contributed by atoms with Crippen molar-refractivity contribution in [2.24, 2.45) is 11.8 Å². The second-order valence-corrected chi connectivity index (χ2v) is 6.99. The van der Waals surface area contributed by atoms with Crippen LogP contribution in [0.2, 0.25) is 0 Å². The van der Waals surface area contributed by atoms with E-state index < -0.39 is 0 Å². The van der Waals surface area contributed by atoms with Crippen molar-refractivity contribution in [1.82, 2.24) is 9.80 Å². The molecule has 0 radical (unpaired) electrons. The number of rotatable bonds is 2. The average molecular weight is 316 g/mol. The van der Waals surface area contributed by atoms with Crippen LogP contribution in [0.4, 0.5) is 0 Å². The van der Waals surface area contributed by atoms with E-state index in [-0.39, 0.29) is 35.6 Å². The zero-order valence-corrected chi connectivity index (χ0v) is 12.8. The molecule has 4 rings (SSSR count). The van der Waals surface area contributed by atoms with Crippen LogP contribution < -0.4 is 0 Å². The quantitative estimate of drug-likeness (QED) is 0.614. The highest BCUT2D eigenvalue weighted by atomic mass is 32.1. The van der Waals surface area contributed by atoms with Gasteiger partial charge in [-0.3, -0.25) is 19.3 Å². The SMILES string of the molecule is O=C(c1cccs1)N1CC(N2C(=O)C3CC=CCC3C2=O)C1. The number of hydrogen-bond acceptors (Lipinski definition) is 4. The predicted molar refractivity (Wildman–Crippen MR) is 81.2 cm³/mol. The summed E-state index contributed by atoms with van der Waals surface area (Å²) >= 11 is 1.41. The van der Waals surface area contributed by atoms with Crippen LogP contribution in [-0.4, -0.2) is 46.7 Å². The third-order valence-electron chi connectivity index (χ3n) is 4.79. The molecule has 2 fully saturated rings. The largest absolute Gasteiger partial charge is 0.334 e. The lowest BCUT2D eigenvalue weighted by molar-refractivity contribution is -0.145. The Labute approximate surface area is 132 Å². The van der Waals surface area contributed by atoms with Crippen molar-refractivity contribution in [3.05, 3.63) is 34.5 Å². The summed E-state index contributed by atoms with van der Waals surface area (Å²) in [5.41, 5.74) is 0. The van der Waals surface area contributed by atoms with E-state index >= 15 is 0 Å². The lowest BCUT2D eigenvalue weighted by atomic mass is 9.85. The maximum absolute atomic E-state index is 12.5. The van der Waals surface area contributed by atoms with Crippen molar-refractivity contribution in [1.29, 1.82) is 0 Å². The fourth-order valence-corrected chi connectivity index (χ4v) is 4.22. The van der Waals surface area contributed by atoms with Gasteiger partial charge in [0, 0.05) is 13.1 Å². The summed E-state index contributed by atoms with van der Waals surface area (Å²) in [4.78, 5) is 41.0. The van der Waals surface area contributed by atoms with Gasteiger partial charge in [0.25, 0.3) is 5.91 Å². The van der Waals surface area contributed by atoms with Gasteiger partial charge in [0.15, 0.2) is 0 Å². The van der Waals surface area contributed by atoms with Crippen LogP contribution in [0.25, 0.3) is 0 Å². The molecule has 2 atom stereocenters. The van der Waals surface area contributed by atoms with Crippen LogP contribution in [0.3, 0.4) is 0 Å². The fraction of sp³-hybridized carbons (Fsp3) is 0.438. The molecular formula is C16H16N2O3S. The second kappa shape index (κ2) is 5.05. The fourth-order valence-electron chi connectivity index (χ4n) is 3.53. The zero-order valence-electron chi connectivity index (χ0n) is 12.0. The first-order valence-electron chi connectivity index (χ1n) is 7.51. The maximum atomic E-state index is 12.5. The molecule has 0 aromatic carbocycles. The Morgan fingerprint density at radius 1 is 1.09 bits per heavy atom. The summed E-state index contributed by atoms with van der Waals surface area (Å²) in [6.07, 6.45) is 5.30. The Hall–Kier alpha value is -1.95. The minimum absolute atomic E-state index is 0.00979. The van der Waals surface area contributed by atoms with Crippen LogP contribution in [0, 0.1) is 11.8 Å². The first-order chi connectivity index (χ1) is 10.7. The van der Waals surface area contributed by atoms with Crippen LogP contribution in [0.1, 0.15) is 22.5 Å². The smallest absolute Gasteiger partial charge is 0.264 e. The van der Waals surface area contributed by atoms with Crippen LogP contribution >= 0.6 is 11.3 Å². The monoisotopic (exact) mass is 316 g/mol. The Morgan fingerprint density at radius 3 is 2.27 bits per heavy atom. The molecule has 22 heavy (non-hydrogen) atoms. The lowest BCUT2D eigenvalue weighted by Gasteiger charge is -2.43. The molecule has 114 valence electrons. The average Bonchev–Trinajstić information content (AvgIpc) is 3.09. The summed E-state index contributed by atoms with van der Waals surface area (Å²) in [5.74, 6) is -0.469. The van der Waals surface area contributed by atoms with E-state index in [2.05, 4.69) is 0 Å². The molecular weight excluding hydrogens is 300 g/mol. The summed E-state index contributed by atoms with van der Waals surface area (Å²) < 4.78 is 0. The highest BCUT2D eigenvalue weighted by Crippen LogP contribution is 2.37. The van der Waals surface area contributed by atoms with Gasteiger partial charge in [0.1, 0.15) is 0 Å². The molecule has 3 amide bonds. The van der Waals surface area contributed by atoms with Crippen molar-refractivity contribution in [2.45, 2.75) is 18.9 Å². The van der Waals surface area contributed by atoms with Crippen molar-refractivity contribution in [3.8, 4) is 0 Å². The summed E-state index contributed by atoms with van der Waals surface area (Å²) in [5, 5.41) is 1.87. The minimum atomic E-state index is -0.181. The second-order valence-electron chi connectivity index (χ2n) is 6.04. The molecule has 1 aromatic rings. The standard InChI is InChI=1S/C16H16N2O3S/c19-14-11-4-1-2-5-12(11)15(20)18(14)10-8-17(9-10)16(21)13-6-3-7-22-13/h1-3,6-7,10-12H,4-5,8-9H2. The van der Waals surface area contributed by atoms with E-state index in [4.69, 9.17) is 0 Å². The van der Waals surface area contributed by atoms with Crippen molar-refractivity contribution in [2.75, 3.05) is 13.1 Å². The number of hydrogen-bond donors (Lipinski definition) is 0. The minimum Gasteiger partial charge on any atom is -0.334 e. The van der Waals surface area contributed by atoms with Gasteiger partial charge in [-0.25, -0.2) is 0 Å². The highest BCUT2D eigenvalue weighted by molar-refractivity contribution is 7.12. The van der Waals surface area contributed by atoms with E-state index in [1.165, 1.54) is 16.2 Å². The number of carbonyl (C=O) groups excluding carboxylic acids is 3. The van der Waals surface area contributed by atoms with Gasteiger partial charge in [-0.1, -0.05) is 18.2 Å². The molecule has 1 aliphatic carbocycles. The molecule has 2 unspecified atom stereocenters. The Bertz CT molecular complexity index is 635. The Morgan fingerprint density at radius 2 is 1.73 bits per heavy atom. The molecule has 0 bridgehead atoms. The molecule has 3 aliphatic rings. The van der Waals surface area contributed by atoms with E-state index in [9.17, 15) is 14.4 Å². The summed E-state index contributed by atoms with van der Waals surface area (Å²) in [6.45, 7) is 0.919. The molecule has 2 saturated heterocycles.